The SMILES string of the molecule is Cc1cc(C)c(-n2c[n+]3c(n2)COC(c2ccccc2)(c2ccccc2)[C@@H]3Cc2c[nH]c3ccccc23)c(C)c1. The molecule has 2 aromatic heterocycles. The first-order chi connectivity index (χ1) is 19.5. The Kier molecular flexibility index (Phi) is 5.90. The lowest BCUT2D eigenvalue weighted by molar-refractivity contribution is -0.758. The minimum Gasteiger partial charge on any atom is -0.361 e. The van der Waals surface area contributed by atoms with Crippen molar-refractivity contribution in [2.24, 2.45) is 0 Å². The van der Waals surface area contributed by atoms with Gasteiger partial charge in [0.25, 0.3) is 0 Å². The van der Waals surface area contributed by atoms with Crippen molar-refractivity contribution < 1.29 is 9.30 Å². The van der Waals surface area contributed by atoms with E-state index in [9.17, 15) is 0 Å². The van der Waals surface area contributed by atoms with Crippen LogP contribution in [0.25, 0.3) is 16.6 Å². The van der Waals surface area contributed by atoms with E-state index in [0.717, 1.165) is 34.6 Å². The summed E-state index contributed by atoms with van der Waals surface area (Å²) in [7, 11) is 0. The van der Waals surface area contributed by atoms with E-state index in [2.05, 4.69) is 145 Å². The van der Waals surface area contributed by atoms with Gasteiger partial charge < -0.3 is 9.72 Å². The topological polar surface area (TPSA) is 46.7 Å². The number of hydrogen-bond donors (Lipinski definition) is 1. The van der Waals surface area contributed by atoms with Crippen molar-refractivity contribution in [1.82, 2.24) is 14.8 Å². The van der Waals surface area contributed by atoms with E-state index >= 15 is 0 Å². The first-order valence-corrected chi connectivity index (χ1v) is 13.9. The minimum atomic E-state index is -0.705. The quantitative estimate of drug-likeness (QED) is 0.251. The number of fused-ring (bicyclic) bond motifs is 2. The number of hydrogen-bond acceptors (Lipinski definition) is 2. The molecule has 0 aliphatic carbocycles. The molecule has 5 heteroatoms. The summed E-state index contributed by atoms with van der Waals surface area (Å²) in [5, 5.41) is 6.35. The molecule has 198 valence electrons. The molecule has 0 radical (unpaired) electrons. The average Bonchev–Trinajstić information content (AvgIpc) is 3.58. The third-order valence-electron chi connectivity index (χ3n) is 8.35. The van der Waals surface area contributed by atoms with E-state index in [4.69, 9.17) is 9.84 Å². The van der Waals surface area contributed by atoms with Crippen molar-refractivity contribution in [2.45, 2.75) is 45.4 Å². The standard InChI is InChI=1S/C35H33N4O/c1-24-18-25(2)34(26(3)19-24)39-23-38-32(20-27-21-36-31-17-11-10-16-30(27)31)35(40-22-33(38)37-39,28-12-6-4-7-13-28)29-14-8-5-9-15-29/h4-19,21,23,32,36H,20,22H2,1-3H3/q+1/t32-/m0/s1. The second-order valence-corrected chi connectivity index (χ2v) is 11.0. The van der Waals surface area contributed by atoms with Crippen molar-refractivity contribution in [3.63, 3.8) is 0 Å². The molecular weight excluding hydrogens is 492 g/mol. The zero-order valence-electron chi connectivity index (χ0n) is 23.1. The summed E-state index contributed by atoms with van der Waals surface area (Å²) < 4.78 is 11.5. The monoisotopic (exact) mass is 525 g/mol. The fourth-order valence-corrected chi connectivity index (χ4v) is 6.70. The Hall–Kier alpha value is -4.48. The number of aryl methyl sites for hydroxylation is 3. The smallest absolute Gasteiger partial charge is 0.304 e. The van der Waals surface area contributed by atoms with Gasteiger partial charge in [-0.2, -0.15) is 0 Å². The van der Waals surface area contributed by atoms with Gasteiger partial charge in [0.15, 0.2) is 5.60 Å². The van der Waals surface area contributed by atoms with Crippen LogP contribution in [-0.2, 0) is 23.4 Å². The van der Waals surface area contributed by atoms with Crippen LogP contribution in [0.3, 0.4) is 0 Å². The van der Waals surface area contributed by atoms with Crippen LogP contribution in [0.1, 0.15) is 45.2 Å². The van der Waals surface area contributed by atoms with Gasteiger partial charge in [0.2, 0.25) is 6.33 Å². The summed E-state index contributed by atoms with van der Waals surface area (Å²) >= 11 is 0. The molecule has 1 aliphatic heterocycles. The molecule has 3 heterocycles. The number of H-pyrrole nitrogens is 1. The molecule has 0 unspecified atom stereocenters. The predicted octanol–water partition coefficient (Wildman–Crippen LogP) is 6.82. The number of para-hydroxylation sites is 1. The Bertz CT molecular complexity index is 1750. The largest absolute Gasteiger partial charge is 0.361 e. The number of nitrogens with one attached hydrogen (secondary N) is 1. The number of aromatic amines is 1. The molecule has 6 aromatic rings. The molecule has 1 N–H and O–H groups in total. The molecule has 40 heavy (non-hydrogen) atoms. The maximum Gasteiger partial charge on any atom is 0.304 e. The van der Waals surface area contributed by atoms with Crippen molar-refractivity contribution in [2.75, 3.05) is 0 Å². The van der Waals surface area contributed by atoms with Crippen molar-refractivity contribution in [1.29, 1.82) is 0 Å². The summed E-state index contributed by atoms with van der Waals surface area (Å²) in [5.74, 6) is 0.923. The first-order valence-electron chi connectivity index (χ1n) is 13.9. The molecule has 0 spiro atoms. The summed E-state index contributed by atoms with van der Waals surface area (Å²) in [4.78, 5) is 3.49. The Morgan fingerprint density at radius 1 is 0.875 bits per heavy atom. The van der Waals surface area contributed by atoms with Gasteiger partial charge in [0, 0.05) is 28.6 Å². The molecule has 0 saturated heterocycles. The Morgan fingerprint density at radius 2 is 1.50 bits per heavy atom. The van der Waals surface area contributed by atoms with Gasteiger partial charge in [-0.1, -0.05) is 101 Å². The zero-order valence-corrected chi connectivity index (χ0v) is 23.1. The second kappa shape index (κ2) is 9.61. The lowest BCUT2D eigenvalue weighted by Crippen LogP contribution is -2.59. The van der Waals surface area contributed by atoms with Crippen LogP contribution < -0.4 is 4.57 Å². The van der Waals surface area contributed by atoms with Crippen LogP contribution in [0.2, 0.25) is 0 Å². The number of ether oxygens (including phenoxy) is 1. The van der Waals surface area contributed by atoms with Crippen LogP contribution in [0, 0.1) is 20.8 Å². The maximum absolute atomic E-state index is 7.06. The summed E-state index contributed by atoms with van der Waals surface area (Å²) in [6, 6.07) is 34.2. The highest BCUT2D eigenvalue weighted by atomic mass is 16.5. The predicted molar refractivity (Wildman–Crippen MR) is 157 cm³/mol. The van der Waals surface area contributed by atoms with Crippen LogP contribution in [-0.4, -0.2) is 14.8 Å². The van der Waals surface area contributed by atoms with Crippen molar-refractivity contribution >= 4 is 10.9 Å². The average molecular weight is 526 g/mol. The molecule has 0 bridgehead atoms. The third kappa shape index (κ3) is 3.89. The highest BCUT2D eigenvalue weighted by molar-refractivity contribution is 5.83. The Labute approximate surface area is 234 Å². The molecule has 0 saturated carbocycles. The summed E-state index contributed by atoms with van der Waals surface area (Å²) in [6.07, 6.45) is 5.10. The van der Waals surface area contributed by atoms with Gasteiger partial charge in [-0.3, -0.25) is 0 Å². The molecule has 4 aromatic carbocycles. The van der Waals surface area contributed by atoms with Crippen LogP contribution >= 0.6 is 0 Å². The normalized spacial score (nSPS) is 16.2. The fraction of sp³-hybridized carbons (Fsp3) is 0.200. The highest BCUT2D eigenvalue weighted by Crippen LogP contribution is 2.45. The van der Waals surface area contributed by atoms with E-state index in [1.165, 1.54) is 27.6 Å². The third-order valence-corrected chi connectivity index (χ3v) is 8.35. The number of rotatable bonds is 5. The van der Waals surface area contributed by atoms with Crippen LogP contribution in [0.5, 0.6) is 0 Å². The molecule has 5 nitrogen and oxygen atoms in total. The van der Waals surface area contributed by atoms with E-state index in [-0.39, 0.29) is 6.04 Å². The van der Waals surface area contributed by atoms with Crippen molar-refractivity contribution in [3.05, 3.63) is 149 Å². The highest BCUT2D eigenvalue weighted by Gasteiger charge is 2.51. The van der Waals surface area contributed by atoms with Gasteiger partial charge >= 0.3 is 5.82 Å². The number of benzene rings is 4. The minimum absolute atomic E-state index is 0.0833. The van der Waals surface area contributed by atoms with Gasteiger partial charge in [0.1, 0.15) is 18.3 Å². The van der Waals surface area contributed by atoms with E-state index < -0.39 is 5.60 Å². The Morgan fingerprint density at radius 3 is 2.17 bits per heavy atom. The van der Waals surface area contributed by atoms with Gasteiger partial charge in [-0.05, 0) is 54.7 Å². The summed E-state index contributed by atoms with van der Waals surface area (Å²) in [6.45, 7) is 6.88. The van der Waals surface area contributed by atoms with Crippen LogP contribution in [0.4, 0.5) is 0 Å². The van der Waals surface area contributed by atoms with E-state index in [0.29, 0.717) is 6.61 Å². The van der Waals surface area contributed by atoms with Gasteiger partial charge in [0.05, 0.1) is 0 Å². The molecule has 7 rings (SSSR count). The van der Waals surface area contributed by atoms with Crippen molar-refractivity contribution in [3.8, 4) is 5.69 Å². The molecule has 0 amide bonds. The molecular formula is C35H33N4O+. The van der Waals surface area contributed by atoms with E-state index in [1.54, 1.807) is 0 Å². The lowest BCUT2D eigenvalue weighted by atomic mass is 9.76. The second-order valence-electron chi connectivity index (χ2n) is 11.0. The lowest BCUT2D eigenvalue weighted by Gasteiger charge is -2.42. The molecule has 0 fully saturated rings. The maximum atomic E-state index is 7.06. The number of nitrogens with zero attached hydrogens (tertiary/aromatic N) is 3. The Balaban J connectivity index is 1.47. The fourth-order valence-electron chi connectivity index (χ4n) is 6.70. The van der Waals surface area contributed by atoms with Crippen LogP contribution in [0.15, 0.2) is 110 Å². The van der Waals surface area contributed by atoms with Gasteiger partial charge in [-0.15, -0.1) is 0 Å². The van der Waals surface area contributed by atoms with E-state index in [1.807, 2.05) is 0 Å². The molecule has 1 atom stereocenters. The zero-order chi connectivity index (χ0) is 27.3. The summed E-state index contributed by atoms with van der Waals surface area (Å²) in [5.41, 5.74) is 8.79. The van der Waals surface area contributed by atoms with Gasteiger partial charge in [-0.25, -0.2) is 4.57 Å². The number of aromatic nitrogens is 4. The first kappa shape index (κ1) is 24.6. The molecule has 1 aliphatic rings.